The van der Waals surface area contributed by atoms with Crippen molar-refractivity contribution < 1.29 is 9.59 Å². The van der Waals surface area contributed by atoms with Gasteiger partial charge < -0.3 is 16.0 Å². The predicted octanol–water partition coefficient (Wildman–Crippen LogP) is 1.91. The molecule has 0 aliphatic carbocycles. The molecule has 0 saturated carbocycles. The number of hydrogen-bond donors (Lipinski definition) is 2. The smallest absolute Gasteiger partial charge is 0.254 e. The number of halogens is 1. The van der Waals surface area contributed by atoms with Crippen LogP contribution in [0.4, 0.5) is 5.69 Å². The van der Waals surface area contributed by atoms with Crippen molar-refractivity contribution in [2.45, 2.75) is 26.8 Å². The molecule has 0 heterocycles. The molecule has 0 radical (unpaired) electrons. The Morgan fingerprint density at radius 2 is 1.95 bits per heavy atom. The molecule has 0 saturated heterocycles. The van der Waals surface area contributed by atoms with Crippen LogP contribution in [-0.2, 0) is 4.79 Å². The van der Waals surface area contributed by atoms with Gasteiger partial charge in [-0.05, 0) is 39.0 Å². The number of anilines is 1. The summed E-state index contributed by atoms with van der Waals surface area (Å²) in [4.78, 5) is 25.8. The standard InChI is InChI=1S/C14H20ClN3O2/c1-4-18(5-2)14(20)9(3)17-13(19)11-7-6-10(15)8-12(11)16/h6-9H,4-5,16H2,1-3H3,(H,17,19). The van der Waals surface area contributed by atoms with E-state index in [1.54, 1.807) is 24.0 Å². The summed E-state index contributed by atoms with van der Waals surface area (Å²) < 4.78 is 0. The molecular formula is C14H20ClN3O2. The fraction of sp³-hybridized carbons (Fsp3) is 0.429. The SMILES string of the molecule is CCN(CC)C(=O)C(C)NC(=O)c1ccc(Cl)cc1N. The summed E-state index contributed by atoms with van der Waals surface area (Å²) in [5.41, 5.74) is 6.35. The molecule has 2 amide bonds. The summed E-state index contributed by atoms with van der Waals surface area (Å²) in [7, 11) is 0. The summed E-state index contributed by atoms with van der Waals surface area (Å²) in [6.07, 6.45) is 0. The third kappa shape index (κ3) is 3.87. The highest BCUT2D eigenvalue weighted by Crippen LogP contribution is 2.18. The van der Waals surface area contributed by atoms with Crippen LogP contribution in [0.2, 0.25) is 5.02 Å². The van der Waals surface area contributed by atoms with E-state index < -0.39 is 6.04 Å². The molecule has 1 rings (SSSR count). The lowest BCUT2D eigenvalue weighted by Gasteiger charge is -2.23. The molecule has 110 valence electrons. The number of benzene rings is 1. The van der Waals surface area contributed by atoms with Gasteiger partial charge in [-0.25, -0.2) is 0 Å². The molecule has 0 aliphatic rings. The Bertz CT molecular complexity index is 501. The van der Waals surface area contributed by atoms with Crippen molar-refractivity contribution in [3.8, 4) is 0 Å². The molecule has 5 nitrogen and oxygen atoms in total. The topological polar surface area (TPSA) is 75.4 Å². The quantitative estimate of drug-likeness (QED) is 0.815. The van der Waals surface area contributed by atoms with Crippen LogP contribution in [0, 0.1) is 0 Å². The van der Waals surface area contributed by atoms with Crippen LogP contribution in [0.1, 0.15) is 31.1 Å². The van der Waals surface area contributed by atoms with E-state index in [0.717, 1.165) is 0 Å². The third-order valence-electron chi connectivity index (χ3n) is 3.05. The highest BCUT2D eigenvalue weighted by molar-refractivity contribution is 6.31. The molecule has 0 aromatic heterocycles. The third-order valence-corrected chi connectivity index (χ3v) is 3.29. The molecule has 1 unspecified atom stereocenters. The van der Waals surface area contributed by atoms with E-state index in [4.69, 9.17) is 17.3 Å². The summed E-state index contributed by atoms with van der Waals surface area (Å²) in [6.45, 7) is 6.67. The molecule has 1 aromatic carbocycles. The number of carbonyl (C=O) groups excluding carboxylic acids is 2. The predicted molar refractivity (Wildman–Crippen MR) is 80.7 cm³/mol. The maximum atomic E-state index is 12.1. The van der Waals surface area contributed by atoms with Crippen molar-refractivity contribution in [2.24, 2.45) is 0 Å². The fourth-order valence-corrected chi connectivity index (χ4v) is 2.07. The van der Waals surface area contributed by atoms with Crippen molar-refractivity contribution in [3.63, 3.8) is 0 Å². The van der Waals surface area contributed by atoms with Gasteiger partial charge in [0.2, 0.25) is 5.91 Å². The molecule has 1 aromatic rings. The lowest BCUT2D eigenvalue weighted by molar-refractivity contribution is -0.132. The van der Waals surface area contributed by atoms with Gasteiger partial charge in [-0.3, -0.25) is 9.59 Å². The number of likely N-dealkylation sites (N-methyl/N-ethyl adjacent to an activating group) is 1. The van der Waals surface area contributed by atoms with Crippen LogP contribution in [-0.4, -0.2) is 35.8 Å². The van der Waals surface area contributed by atoms with Crippen molar-refractivity contribution in [1.29, 1.82) is 0 Å². The number of carbonyl (C=O) groups is 2. The van der Waals surface area contributed by atoms with Crippen molar-refractivity contribution in [2.75, 3.05) is 18.8 Å². The van der Waals surface area contributed by atoms with Crippen molar-refractivity contribution >= 4 is 29.1 Å². The zero-order valence-corrected chi connectivity index (χ0v) is 12.7. The maximum Gasteiger partial charge on any atom is 0.254 e. The monoisotopic (exact) mass is 297 g/mol. The minimum atomic E-state index is -0.600. The summed E-state index contributed by atoms with van der Waals surface area (Å²) in [5, 5.41) is 3.12. The van der Waals surface area contributed by atoms with Crippen LogP contribution in [0.25, 0.3) is 0 Å². The molecule has 0 fully saturated rings. The number of nitrogens with zero attached hydrogens (tertiary/aromatic N) is 1. The van der Waals surface area contributed by atoms with Gasteiger partial charge in [0.25, 0.3) is 5.91 Å². The first-order valence-electron chi connectivity index (χ1n) is 6.55. The second kappa shape index (κ2) is 7.14. The second-order valence-corrected chi connectivity index (χ2v) is 4.87. The maximum absolute atomic E-state index is 12.1. The average molecular weight is 298 g/mol. The minimum Gasteiger partial charge on any atom is -0.398 e. The summed E-state index contributed by atoms with van der Waals surface area (Å²) in [5.74, 6) is -0.497. The van der Waals surface area contributed by atoms with Crippen LogP contribution in [0.15, 0.2) is 18.2 Å². The number of nitrogen functional groups attached to an aromatic ring is 1. The highest BCUT2D eigenvalue weighted by Gasteiger charge is 2.21. The van der Waals surface area contributed by atoms with E-state index in [-0.39, 0.29) is 17.5 Å². The van der Waals surface area contributed by atoms with E-state index in [1.807, 2.05) is 13.8 Å². The zero-order valence-electron chi connectivity index (χ0n) is 11.9. The molecular weight excluding hydrogens is 278 g/mol. The Kier molecular flexibility index (Phi) is 5.82. The largest absolute Gasteiger partial charge is 0.398 e. The summed E-state index contributed by atoms with van der Waals surface area (Å²) in [6, 6.07) is 4.04. The van der Waals surface area contributed by atoms with Crippen molar-refractivity contribution in [3.05, 3.63) is 28.8 Å². The van der Waals surface area contributed by atoms with Crippen LogP contribution < -0.4 is 11.1 Å². The average Bonchev–Trinajstić information content (AvgIpc) is 2.39. The van der Waals surface area contributed by atoms with E-state index in [9.17, 15) is 9.59 Å². The van der Waals surface area contributed by atoms with E-state index in [2.05, 4.69) is 5.32 Å². The van der Waals surface area contributed by atoms with Gasteiger partial charge in [0.15, 0.2) is 0 Å². The Balaban J connectivity index is 2.77. The zero-order chi connectivity index (χ0) is 15.3. The molecule has 0 aliphatic heterocycles. The molecule has 6 heteroatoms. The first-order valence-corrected chi connectivity index (χ1v) is 6.93. The van der Waals surface area contributed by atoms with Gasteiger partial charge in [-0.1, -0.05) is 11.6 Å². The Labute approximate surface area is 124 Å². The van der Waals surface area contributed by atoms with Crippen LogP contribution in [0.5, 0.6) is 0 Å². The highest BCUT2D eigenvalue weighted by atomic mass is 35.5. The molecule has 0 bridgehead atoms. The number of rotatable bonds is 5. The second-order valence-electron chi connectivity index (χ2n) is 4.44. The van der Waals surface area contributed by atoms with Crippen molar-refractivity contribution in [1.82, 2.24) is 10.2 Å². The van der Waals surface area contributed by atoms with Gasteiger partial charge in [0, 0.05) is 23.8 Å². The van der Waals surface area contributed by atoms with Crippen LogP contribution in [0.3, 0.4) is 0 Å². The van der Waals surface area contributed by atoms with Gasteiger partial charge in [-0.2, -0.15) is 0 Å². The summed E-state index contributed by atoms with van der Waals surface area (Å²) >= 11 is 5.78. The molecule has 1 atom stereocenters. The normalized spacial score (nSPS) is 11.8. The number of hydrogen-bond acceptors (Lipinski definition) is 3. The Hall–Kier alpha value is -1.75. The fourth-order valence-electron chi connectivity index (χ4n) is 1.89. The van der Waals surface area contributed by atoms with E-state index >= 15 is 0 Å². The molecule has 0 spiro atoms. The van der Waals surface area contributed by atoms with E-state index in [0.29, 0.717) is 23.7 Å². The first kappa shape index (κ1) is 16.3. The van der Waals surface area contributed by atoms with Crippen LogP contribution >= 0.6 is 11.6 Å². The Morgan fingerprint density at radius 1 is 1.35 bits per heavy atom. The Morgan fingerprint density at radius 3 is 2.45 bits per heavy atom. The molecule has 20 heavy (non-hydrogen) atoms. The molecule has 3 N–H and O–H groups in total. The number of amides is 2. The van der Waals surface area contributed by atoms with Gasteiger partial charge in [-0.15, -0.1) is 0 Å². The minimum absolute atomic E-state index is 0.115. The first-order chi connectivity index (χ1) is 9.40. The lowest BCUT2D eigenvalue weighted by Crippen LogP contribution is -2.46. The lowest BCUT2D eigenvalue weighted by atomic mass is 10.1. The van der Waals surface area contributed by atoms with Gasteiger partial charge in [0.1, 0.15) is 6.04 Å². The number of nitrogens with one attached hydrogen (secondary N) is 1. The number of nitrogens with two attached hydrogens (primary N) is 1. The van der Waals surface area contributed by atoms with E-state index in [1.165, 1.54) is 6.07 Å². The van der Waals surface area contributed by atoms with Gasteiger partial charge >= 0.3 is 0 Å². The van der Waals surface area contributed by atoms with Gasteiger partial charge in [0.05, 0.1) is 5.56 Å².